The van der Waals surface area contributed by atoms with Crippen LogP contribution in [0.5, 0.6) is 5.75 Å². The minimum absolute atomic E-state index is 0.0377. The van der Waals surface area contributed by atoms with Gasteiger partial charge >= 0.3 is 6.03 Å². The molecule has 2 N–H and O–H groups in total. The van der Waals surface area contributed by atoms with Gasteiger partial charge in [0.1, 0.15) is 12.0 Å². The van der Waals surface area contributed by atoms with Crippen molar-refractivity contribution < 1.29 is 18.7 Å². The van der Waals surface area contributed by atoms with E-state index >= 15 is 0 Å². The van der Waals surface area contributed by atoms with Crippen molar-refractivity contribution in [3.63, 3.8) is 0 Å². The fraction of sp³-hybridized carbons (Fsp3) is 0.214. The molecule has 7 nitrogen and oxygen atoms in total. The number of benzene rings is 1. The number of anilines is 1. The van der Waals surface area contributed by atoms with E-state index in [1.807, 2.05) is 0 Å². The molecule has 0 bridgehead atoms. The van der Waals surface area contributed by atoms with Crippen LogP contribution in [0.4, 0.5) is 10.5 Å². The van der Waals surface area contributed by atoms with Crippen LogP contribution in [0.15, 0.2) is 40.2 Å². The highest BCUT2D eigenvalue weighted by atomic mass is 32.2. The third-order valence-corrected chi connectivity index (χ3v) is 3.37. The number of oxazole rings is 1. The van der Waals surface area contributed by atoms with Gasteiger partial charge in [-0.3, -0.25) is 10.1 Å². The summed E-state index contributed by atoms with van der Waals surface area (Å²) in [6.07, 6.45) is 1.50. The van der Waals surface area contributed by atoms with Crippen LogP contribution in [0, 0.1) is 6.92 Å². The van der Waals surface area contributed by atoms with Crippen LogP contribution in [0.25, 0.3) is 0 Å². The molecule has 0 spiro atoms. The lowest BCUT2D eigenvalue weighted by molar-refractivity contribution is -0.117. The lowest BCUT2D eigenvalue weighted by atomic mass is 10.3. The summed E-state index contributed by atoms with van der Waals surface area (Å²) in [5.74, 6) is 0.280. The van der Waals surface area contributed by atoms with E-state index in [1.165, 1.54) is 6.26 Å². The molecule has 1 aromatic heterocycles. The summed E-state index contributed by atoms with van der Waals surface area (Å²) in [4.78, 5) is 27.4. The van der Waals surface area contributed by atoms with Crippen LogP contribution in [-0.2, 0) is 4.79 Å². The first-order valence-electron chi connectivity index (χ1n) is 6.36. The van der Waals surface area contributed by atoms with Crippen LogP contribution >= 0.6 is 11.8 Å². The molecule has 2 aromatic rings. The predicted octanol–water partition coefficient (Wildman–Crippen LogP) is 2.43. The largest absolute Gasteiger partial charge is 0.497 e. The number of aryl methyl sites for hydroxylation is 1. The summed E-state index contributed by atoms with van der Waals surface area (Å²) in [5.41, 5.74) is 1.29. The van der Waals surface area contributed by atoms with Gasteiger partial charge in [-0.15, -0.1) is 0 Å². The number of carbonyl (C=O) groups excluding carboxylic acids is 2. The summed E-state index contributed by atoms with van der Waals surface area (Å²) < 4.78 is 10.1. The topological polar surface area (TPSA) is 93.5 Å². The molecule has 1 heterocycles. The highest BCUT2D eigenvalue weighted by molar-refractivity contribution is 7.99. The molecule has 0 aliphatic heterocycles. The Morgan fingerprint density at radius 1 is 1.32 bits per heavy atom. The first-order chi connectivity index (χ1) is 10.6. The molecule has 0 unspecified atom stereocenters. The van der Waals surface area contributed by atoms with Crippen molar-refractivity contribution in [3.05, 3.63) is 36.2 Å². The minimum Gasteiger partial charge on any atom is -0.497 e. The van der Waals surface area contributed by atoms with E-state index in [4.69, 9.17) is 9.15 Å². The molecule has 0 fully saturated rings. The van der Waals surface area contributed by atoms with Crippen molar-refractivity contribution in [2.24, 2.45) is 0 Å². The molecule has 1 aromatic carbocycles. The van der Waals surface area contributed by atoms with E-state index < -0.39 is 11.9 Å². The van der Waals surface area contributed by atoms with Gasteiger partial charge in [-0.05, 0) is 31.2 Å². The Kier molecular flexibility index (Phi) is 5.42. The van der Waals surface area contributed by atoms with Gasteiger partial charge in [0.25, 0.3) is 5.22 Å². The van der Waals surface area contributed by atoms with Crippen molar-refractivity contribution in [2.75, 3.05) is 18.2 Å². The van der Waals surface area contributed by atoms with Gasteiger partial charge in [0.15, 0.2) is 0 Å². The second kappa shape index (κ2) is 7.51. The number of thioether (sulfide) groups is 1. The lowest BCUT2D eigenvalue weighted by Gasteiger charge is -2.07. The molecular weight excluding hydrogens is 306 g/mol. The van der Waals surface area contributed by atoms with E-state index in [0.717, 1.165) is 17.5 Å². The molecule has 0 saturated heterocycles. The summed E-state index contributed by atoms with van der Waals surface area (Å²) in [6.45, 7) is 1.79. The second-order valence-corrected chi connectivity index (χ2v) is 5.20. The Morgan fingerprint density at radius 2 is 2.05 bits per heavy atom. The smallest absolute Gasteiger partial charge is 0.325 e. The fourth-order valence-corrected chi connectivity index (χ4v) is 2.18. The van der Waals surface area contributed by atoms with Gasteiger partial charge in [-0.1, -0.05) is 11.8 Å². The highest BCUT2D eigenvalue weighted by Crippen LogP contribution is 2.16. The zero-order valence-electron chi connectivity index (χ0n) is 12.1. The van der Waals surface area contributed by atoms with Crippen LogP contribution in [0.3, 0.4) is 0 Å². The third kappa shape index (κ3) is 4.81. The van der Waals surface area contributed by atoms with Gasteiger partial charge < -0.3 is 14.5 Å². The number of ether oxygens (including phenoxy) is 1. The summed E-state index contributed by atoms with van der Waals surface area (Å²) in [7, 11) is 1.56. The Bertz CT molecular complexity index is 654. The van der Waals surface area contributed by atoms with E-state index in [-0.39, 0.29) is 5.75 Å². The number of aromatic nitrogens is 1. The van der Waals surface area contributed by atoms with Crippen molar-refractivity contribution in [3.8, 4) is 5.75 Å². The maximum Gasteiger partial charge on any atom is 0.325 e. The first kappa shape index (κ1) is 15.9. The number of imide groups is 1. The van der Waals surface area contributed by atoms with E-state index in [1.54, 1.807) is 38.3 Å². The number of rotatable bonds is 5. The lowest BCUT2D eigenvalue weighted by Crippen LogP contribution is -2.35. The van der Waals surface area contributed by atoms with Crippen molar-refractivity contribution in [1.29, 1.82) is 0 Å². The van der Waals surface area contributed by atoms with Crippen molar-refractivity contribution in [2.45, 2.75) is 12.1 Å². The second-order valence-electron chi connectivity index (χ2n) is 4.27. The SMILES string of the molecule is COc1ccc(NC(=O)NC(=O)CSc2nc(C)co2)cc1. The van der Waals surface area contributed by atoms with E-state index in [9.17, 15) is 9.59 Å². The number of amides is 3. The number of nitrogens with one attached hydrogen (secondary N) is 2. The number of carbonyl (C=O) groups is 2. The average Bonchev–Trinajstić information content (AvgIpc) is 2.91. The maximum atomic E-state index is 11.7. The molecule has 116 valence electrons. The maximum absolute atomic E-state index is 11.7. The number of hydrogen-bond donors (Lipinski definition) is 2. The summed E-state index contributed by atoms with van der Waals surface area (Å²) in [5, 5.41) is 5.17. The van der Waals surface area contributed by atoms with Crippen LogP contribution in [0.1, 0.15) is 5.69 Å². The first-order valence-corrected chi connectivity index (χ1v) is 7.35. The Labute approximate surface area is 131 Å². The van der Waals surface area contributed by atoms with Gasteiger partial charge in [0, 0.05) is 5.69 Å². The molecule has 0 radical (unpaired) electrons. The van der Waals surface area contributed by atoms with Gasteiger partial charge in [0.2, 0.25) is 5.91 Å². The number of nitrogens with zero attached hydrogens (tertiary/aromatic N) is 1. The molecule has 8 heteroatoms. The summed E-state index contributed by atoms with van der Waals surface area (Å²) >= 11 is 1.12. The fourth-order valence-electron chi connectivity index (χ4n) is 1.53. The van der Waals surface area contributed by atoms with Gasteiger partial charge in [-0.25, -0.2) is 9.78 Å². The predicted molar refractivity (Wildman–Crippen MR) is 82.1 cm³/mol. The Balaban J connectivity index is 1.76. The number of hydrogen-bond acceptors (Lipinski definition) is 6. The van der Waals surface area contributed by atoms with Gasteiger partial charge in [-0.2, -0.15) is 0 Å². The molecule has 0 aliphatic rings. The molecule has 2 rings (SSSR count). The molecule has 0 atom stereocenters. The monoisotopic (exact) mass is 321 g/mol. The van der Waals surface area contributed by atoms with Crippen molar-refractivity contribution in [1.82, 2.24) is 10.3 Å². The normalized spacial score (nSPS) is 10.1. The standard InChI is InChI=1S/C14H15N3O4S/c1-9-7-21-14(15-9)22-8-12(18)17-13(19)16-10-3-5-11(20-2)6-4-10/h3-7H,8H2,1-2H3,(H2,16,17,18,19). The quantitative estimate of drug-likeness (QED) is 0.822. The average molecular weight is 321 g/mol. The van der Waals surface area contributed by atoms with E-state index in [2.05, 4.69) is 15.6 Å². The molecule has 3 amide bonds. The molecular formula is C14H15N3O4S. The van der Waals surface area contributed by atoms with E-state index in [0.29, 0.717) is 16.7 Å². The third-order valence-electron chi connectivity index (χ3n) is 2.53. The van der Waals surface area contributed by atoms with Crippen LogP contribution in [-0.4, -0.2) is 29.8 Å². The number of urea groups is 1. The molecule has 0 aliphatic carbocycles. The van der Waals surface area contributed by atoms with Crippen LogP contribution < -0.4 is 15.4 Å². The summed E-state index contributed by atoms with van der Waals surface area (Å²) in [6, 6.07) is 6.16. The molecule has 22 heavy (non-hydrogen) atoms. The van der Waals surface area contributed by atoms with Crippen molar-refractivity contribution >= 4 is 29.4 Å². The number of methoxy groups -OCH3 is 1. The van der Waals surface area contributed by atoms with Gasteiger partial charge in [0.05, 0.1) is 18.6 Å². The zero-order chi connectivity index (χ0) is 15.9. The van der Waals surface area contributed by atoms with Crippen LogP contribution in [0.2, 0.25) is 0 Å². The zero-order valence-corrected chi connectivity index (χ0v) is 12.9. The highest BCUT2D eigenvalue weighted by Gasteiger charge is 2.10. The minimum atomic E-state index is -0.598. The Hall–Kier alpha value is -2.48. The Morgan fingerprint density at radius 3 is 2.64 bits per heavy atom. The molecule has 0 saturated carbocycles.